The van der Waals surface area contributed by atoms with Gasteiger partial charge in [0.1, 0.15) is 12.0 Å². The fraction of sp³-hybridized carbons (Fsp3) is 0.333. The molecule has 0 saturated carbocycles. The summed E-state index contributed by atoms with van der Waals surface area (Å²) in [5.41, 5.74) is 1.29. The first-order valence-electron chi connectivity index (χ1n) is 7.19. The fourth-order valence-corrected chi connectivity index (χ4v) is 2.16. The number of carbonyl (C=O) groups is 1. The molecule has 1 atom stereocenters. The van der Waals surface area contributed by atoms with Crippen molar-refractivity contribution in [1.82, 2.24) is 20.2 Å². The number of amides is 1. The molecule has 1 heterocycles. The lowest BCUT2D eigenvalue weighted by atomic mass is 10.2. The van der Waals surface area contributed by atoms with E-state index in [4.69, 9.17) is 0 Å². The van der Waals surface area contributed by atoms with Crippen LogP contribution in [-0.4, -0.2) is 46.0 Å². The zero-order chi connectivity index (χ0) is 16.8. The number of benzene rings is 1. The van der Waals surface area contributed by atoms with Gasteiger partial charge in [-0.15, -0.1) is 0 Å². The molecule has 8 nitrogen and oxygen atoms in total. The van der Waals surface area contributed by atoms with Crippen LogP contribution in [0.4, 0.5) is 5.82 Å². The highest BCUT2D eigenvalue weighted by atomic mass is 16.3. The molecule has 124 valence electrons. The van der Waals surface area contributed by atoms with Crippen molar-refractivity contribution in [2.45, 2.75) is 19.3 Å². The third kappa shape index (κ3) is 4.21. The molecule has 0 spiro atoms. The highest BCUT2D eigenvalue weighted by molar-refractivity contribution is 5.97. The molecular weight excluding hydrogens is 298 g/mol. The van der Waals surface area contributed by atoms with Crippen molar-refractivity contribution in [3.05, 3.63) is 41.9 Å². The molecule has 23 heavy (non-hydrogen) atoms. The number of carbonyl (C=O) groups excluding carboxylic acids is 1. The topological polar surface area (TPSA) is 111 Å². The van der Waals surface area contributed by atoms with E-state index in [0.717, 1.165) is 5.56 Å². The quantitative estimate of drug-likeness (QED) is 0.463. The van der Waals surface area contributed by atoms with Crippen LogP contribution in [0.1, 0.15) is 16.1 Å². The van der Waals surface area contributed by atoms with Crippen LogP contribution >= 0.6 is 0 Å². The number of imidazole rings is 1. The van der Waals surface area contributed by atoms with Gasteiger partial charge in [0.05, 0.1) is 12.9 Å². The third-order valence-electron chi connectivity index (χ3n) is 3.36. The Morgan fingerprint density at radius 1 is 1.30 bits per heavy atom. The van der Waals surface area contributed by atoms with Crippen LogP contribution in [0.25, 0.3) is 0 Å². The fourth-order valence-electron chi connectivity index (χ4n) is 2.16. The molecule has 0 saturated heterocycles. The second-order valence-electron chi connectivity index (χ2n) is 4.99. The van der Waals surface area contributed by atoms with E-state index in [-0.39, 0.29) is 18.2 Å². The Balaban J connectivity index is 1.99. The Labute approximate surface area is 134 Å². The standard InChI is InChI=1S/C15H21N5O3/c1-16-14-13(15(23)17-2)20(9-19-14)8-12(22)18-7-10-3-5-11(21)6-4-10/h3-6,9,12,16,18,21-22H,7-8H2,1-2H3,(H,17,23). The smallest absolute Gasteiger partial charge is 0.271 e. The van der Waals surface area contributed by atoms with E-state index in [1.54, 1.807) is 42.9 Å². The van der Waals surface area contributed by atoms with E-state index < -0.39 is 6.23 Å². The zero-order valence-electron chi connectivity index (χ0n) is 13.1. The molecule has 5 N–H and O–H groups in total. The average Bonchev–Trinajstić information content (AvgIpc) is 2.96. The molecule has 0 aliphatic heterocycles. The molecule has 1 aromatic heterocycles. The first-order chi connectivity index (χ1) is 11.0. The van der Waals surface area contributed by atoms with Crippen LogP contribution in [0.2, 0.25) is 0 Å². The molecule has 2 aromatic rings. The summed E-state index contributed by atoms with van der Waals surface area (Å²) >= 11 is 0. The Kier molecular flexibility index (Phi) is 5.56. The van der Waals surface area contributed by atoms with E-state index in [0.29, 0.717) is 18.1 Å². The number of anilines is 1. The van der Waals surface area contributed by atoms with Gasteiger partial charge in [-0.2, -0.15) is 0 Å². The number of phenolic OH excluding ortho intramolecular Hbond substituents is 1. The van der Waals surface area contributed by atoms with Gasteiger partial charge in [-0.25, -0.2) is 4.98 Å². The SMILES string of the molecule is CNC(=O)c1c(NC)ncn1CC(O)NCc1ccc(O)cc1. The molecule has 1 aromatic carbocycles. The molecule has 8 heteroatoms. The number of phenols is 1. The first kappa shape index (κ1) is 16.8. The van der Waals surface area contributed by atoms with Gasteiger partial charge in [0, 0.05) is 20.6 Å². The highest BCUT2D eigenvalue weighted by Crippen LogP contribution is 2.13. The van der Waals surface area contributed by atoms with Crippen molar-refractivity contribution in [1.29, 1.82) is 0 Å². The average molecular weight is 319 g/mol. The minimum absolute atomic E-state index is 0.176. The van der Waals surface area contributed by atoms with Gasteiger partial charge in [-0.05, 0) is 17.7 Å². The number of aromatic nitrogens is 2. The number of hydrogen-bond acceptors (Lipinski definition) is 6. The minimum atomic E-state index is -0.855. The lowest BCUT2D eigenvalue weighted by molar-refractivity contribution is 0.0936. The van der Waals surface area contributed by atoms with Crippen LogP contribution in [0, 0.1) is 0 Å². The van der Waals surface area contributed by atoms with Gasteiger partial charge < -0.3 is 25.4 Å². The number of aromatic hydroxyl groups is 1. The maximum absolute atomic E-state index is 11.9. The van der Waals surface area contributed by atoms with E-state index in [1.165, 1.54) is 6.33 Å². The van der Waals surface area contributed by atoms with Crippen molar-refractivity contribution in [2.75, 3.05) is 19.4 Å². The maximum atomic E-state index is 11.9. The van der Waals surface area contributed by atoms with Gasteiger partial charge in [0.2, 0.25) is 0 Å². The molecule has 0 fully saturated rings. The van der Waals surface area contributed by atoms with Crippen LogP contribution < -0.4 is 16.0 Å². The number of nitrogens with one attached hydrogen (secondary N) is 3. The first-order valence-corrected chi connectivity index (χ1v) is 7.19. The molecule has 0 aliphatic carbocycles. The number of hydrogen-bond donors (Lipinski definition) is 5. The largest absolute Gasteiger partial charge is 0.508 e. The molecule has 1 amide bonds. The zero-order valence-corrected chi connectivity index (χ0v) is 13.1. The van der Waals surface area contributed by atoms with E-state index >= 15 is 0 Å². The Hall–Kier alpha value is -2.58. The molecular formula is C15H21N5O3. The Morgan fingerprint density at radius 2 is 2.00 bits per heavy atom. The van der Waals surface area contributed by atoms with Crippen LogP contribution in [0.5, 0.6) is 5.75 Å². The monoisotopic (exact) mass is 319 g/mol. The van der Waals surface area contributed by atoms with E-state index in [1.807, 2.05) is 0 Å². The predicted octanol–water partition coefficient (Wildman–Crippen LogP) is 0.0982. The van der Waals surface area contributed by atoms with Crippen molar-refractivity contribution >= 4 is 11.7 Å². The number of aliphatic hydroxyl groups is 1. The number of rotatable bonds is 7. The summed E-state index contributed by atoms with van der Waals surface area (Å²) in [5.74, 6) is 0.371. The third-order valence-corrected chi connectivity index (χ3v) is 3.36. The normalized spacial score (nSPS) is 12.0. The van der Waals surface area contributed by atoms with Crippen LogP contribution in [0.15, 0.2) is 30.6 Å². The maximum Gasteiger partial charge on any atom is 0.271 e. The summed E-state index contributed by atoms with van der Waals surface area (Å²) in [4.78, 5) is 16.0. The lowest BCUT2D eigenvalue weighted by Gasteiger charge is -2.15. The Bertz CT molecular complexity index is 654. The van der Waals surface area contributed by atoms with Gasteiger partial charge in [-0.1, -0.05) is 12.1 Å². The predicted molar refractivity (Wildman–Crippen MR) is 86.1 cm³/mol. The summed E-state index contributed by atoms with van der Waals surface area (Å²) in [7, 11) is 3.22. The molecule has 0 bridgehead atoms. The summed E-state index contributed by atoms with van der Waals surface area (Å²) in [6, 6.07) is 6.70. The lowest BCUT2D eigenvalue weighted by Crippen LogP contribution is -2.34. The van der Waals surface area contributed by atoms with Gasteiger partial charge in [-0.3, -0.25) is 10.1 Å². The van der Waals surface area contributed by atoms with Crippen molar-refractivity contribution < 1.29 is 15.0 Å². The van der Waals surface area contributed by atoms with E-state index in [2.05, 4.69) is 20.9 Å². The second kappa shape index (κ2) is 7.61. The summed E-state index contributed by atoms with van der Waals surface area (Å²) in [5, 5.41) is 27.7. The van der Waals surface area contributed by atoms with Crippen LogP contribution in [0.3, 0.4) is 0 Å². The number of aliphatic hydroxyl groups excluding tert-OH is 1. The van der Waals surface area contributed by atoms with E-state index in [9.17, 15) is 15.0 Å². The van der Waals surface area contributed by atoms with Gasteiger partial charge >= 0.3 is 0 Å². The molecule has 0 aliphatic rings. The molecule has 2 rings (SSSR count). The van der Waals surface area contributed by atoms with Crippen molar-refractivity contribution in [3.63, 3.8) is 0 Å². The molecule has 0 radical (unpaired) electrons. The van der Waals surface area contributed by atoms with Gasteiger partial charge in [0.15, 0.2) is 11.5 Å². The number of nitrogens with zero attached hydrogens (tertiary/aromatic N) is 2. The van der Waals surface area contributed by atoms with Crippen LogP contribution in [-0.2, 0) is 13.1 Å². The highest BCUT2D eigenvalue weighted by Gasteiger charge is 2.18. The van der Waals surface area contributed by atoms with Crippen molar-refractivity contribution in [3.8, 4) is 5.75 Å². The summed E-state index contributed by atoms with van der Waals surface area (Å²) in [6.45, 7) is 0.611. The summed E-state index contributed by atoms with van der Waals surface area (Å²) in [6.07, 6.45) is 0.646. The van der Waals surface area contributed by atoms with Crippen molar-refractivity contribution in [2.24, 2.45) is 0 Å². The molecule has 1 unspecified atom stereocenters. The Morgan fingerprint density at radius 3 is 2.61 bits per heavy atom. The minimum Gasteiger partial charge on any atom is -0.508 e. The summed E-state index contributed by atoms with van der Waals surface area (Å²) < 4.78 is 1.58. The second-order valence-corrected chi connectivity index (χ2v) is 4.99. The van der Waals surface area contributed by atoms with Gasteiger partial charge in [0.25, 0.3) is 5.91 Å².